The van der Waals surface area contributed by atoms with Crippen LogP contribution in [0.15, 0.2) is 48.5 Å². The number of likely N-dealkylation sites (tertiary alicyclic amines) is 2. The van der Waals surface area contributed by atoms with Gasteiger partial charge in [0, 0.05) is 32.7 Å². The molecule has 4 atom stereocenters. The molecule has 0 saturated carbocycles. The van der Waals surface area contributed by atoms with Crippen LogP contribution in [0.25, 0.3) is 0 Å². The van der Waals surface area contributed by atoms with E-state index < -0.39 is 5.82 Å². The Morgan fingerprint density at radius 3 is 2.46 bits per heavy atom. The van der Waals surface area contributed by atoms with Gasteiger partial charge in [0.25, 0.3) is 5.91 Å². The van der Waals surface area contributed by atoms with Crippen LogP contribution in [0.3, 0.4) is 0 Å². The number of carbonyl (C=O) groups excluding carboxylic acids is 2. The van der Waals surface area contributed by atoms with Crippen molar-refractivity contribution in [3.63, 3.8) is 0 Å². The quantitative estimate of drug-likeness (QED) is 0.613. The van der Waals surface area contributed by atoms with E-state index in [4.69, 9.17) is 11.6 Å². The molecule has 0 aliphatic carbocycles. The number of carbonyl (C=O) groups is 2. The molecule has 35 heavy (non-hydrogen) atoms. The first kappa shape index (κ1) is 24.2. The van der Waals surface area contributed by atoms with Crippen molar-refractivity contribution in [3.8, 4) is 0 Å². The smallest absolute Gasteiger partial charge is 0.258 e. The summed E-state index contributed by atoms with van der Waals surface area (Å²) >= 11 is 6.12. The zero-order valence-electron chi connectivity index (χ0n) is 19.8. The molecule has 2 amide bonds. The zero-order valence-corrected chi connectivity index (χ0v) is 20.5. The number of amides is 2. The largest absolute Gasteiger partial charge is 0.348 e. The van der Waals surface area contributed by atoms with Crippen LogP contribution in [0.1, 0.15) is 41.2 Å². The van der Waals surface area contributed by atoms with Gasteiger partial charge < -0.3 is 20.4 Å². The van der Waals surface area contributed by atoms with E-state index in [-0.39, 0.29) is 34.5 Å². The fraction of sp³-hybridized carbons (Fsp3) is 0.481. The second kappa shape index (κ2) is 10.6. The van der Waals surface area contributed by atoms with Crippen molar-refractivity contribution in [1.82, 2.24) is 20.4 Å². The minimum atomic E-state index is -0.567. The van der Waals surface area contributed by atoms with Gasteiger partial charge in [-0.1, -0.05) is 48.0 Å². The first-order chi connectivity index (χ1) is 17.0. The number of fused-ring (bicyclic) bond motifs is 1. The van der Waals surface area contributed by atoms with Crippen molar-refractivity contribution < 1.29 is 14.0 Å². The first-order valence-corrected chi connectivity index (χ1v) is 12.9. The molecule has 3 aliphatic rings. The molecule has 3 saturated heterocycles. The molecule has 2 unspecified atom stereocenters. The van der Waals surface area contributed by atoms with Crippen LogP contribution in [0.2, 0.25) is 5.02 Å². The van der Waals surface area contributed by atoms with Crippen molar-refractivity contribution in [2.75, 3.05) is 39.3 Å². The lowest BCUT2D eigenvalue weighted by atomic mass is 10.0. The Labute approximate surface area is 210 Å². The predicted molar refractivity (Wildman–Crippen MR) is 134 cm³/mol. The van der Waals surface area contributed by atoms with Crippen LogP contribution in [0.5, 0.6) is 0 Å². The molecule has 0 radical (unpaired) electrons. The normalized spacial score (nSPS) is 25.0. The maximum absolute atomic E-state index is 14.2. The van der Waals surface area contributed by atoms with Gasteiger partial charge in [-0.2, -0.15) is 0 Å². The molecular formula is C27H32ClFN4O2. The molecule has 3 fully saturated rings. The highest BCUT2D eigenvalue weighted by Crippen LogP contribution is 2.33. The molecule has 8 heteroatoms. The molecule has 2 aromatic rings. The molecule has 0 aromatic heterocycles. The lowest BCUT2D eigenvalue weighted by Crippen LogP contribution is -2.43. The van der Waals surface area contributed by atoms with Gasteiger partial charge in [-0.15, -0.1) is 0 Å². The number of hydrogen-bond acceptors (Lipinski definition) is 4. The minimum absolute atomic E-state index is 0.0239. The summed E-state index contributed by atoms with van der Waals surface area (Å²) in [5.41, 5.74) is 1.10. The highest BCUT2D eigenvalue weighted by atomic mass is 35.5. The molecular weight excluding hydrogens is 467 g/mol. The number of rotatable bonds is 7. The molecule has 3 heterocycles. The van der Waals surface area contributed by atoms with Gasteiger partial charge in [-0.25, -0.2) is 4.39 Å². The summed E-state index contributed by atoms with van der Waals surface area (Å²) in [6, 6.07) is 14.4. The van der Waals surface area contributed by atoms with E-state index in [0.29, 0.717) is 24.9 Å². The van der Waals surface area contributed by atoms with E-state index >= 15 is 0 Å². The number of nitrogens with one attached hydrogen (secondary N) is 2. The fourth-order valence-corrected chi connectivity index (χ4v) is 6.04. The van der Waals surface area contributed by atoms with Crippen molar-refractivity contribution in [3.05, 3.63) is 70.5 Å². The molecule has 3 aliphatic heterocycles. The fourth-order valence-electron chi connectivity index (χ4n) is 5.80. The Morgan fingerprint density at radius 1 is 1.06 bits per heavy atom. The molecule has 0 bridgehead atoms. The van der Waals surface area contributed by atoms with E-state index in [1.807, 2.05) is 18.2 Å². The summed E-state index contributed by atoms with van der Waals surface area (Å²) in [7, 11) is 0. The average Bonchev–Trinajstić information content (AvgIpc) is 3.59. The molecule has 2 aromatic carbocycles. The van der Waals surface area contributed by atoms with E-state index in [2.05, 4.69) is 27.7 Å². The van der Waals surface area contributed by atoms with Crippen molar-refractivity contribution in [2.45, 2.75) is 31.3 Å². The monoisotopic (exact) mass is 498 g/mol. The van der Waals surface area contributed by atoms with Crippen molar-refractivity contribution in [2.24, 2.45) is 11.8 Å². The second-order valence-electron chi connectivity index (χ2n) is 10.00. The highest BCUT2D eigenvalue weighted by Gasteiger charge is 2.42. The summed E-state index contributed by atoms with van der Waals surface area (Å²) in [4.78, 5) is 29.9. The van der Waals surface area contributed by atoms with Gasteiger partial charge in [0.2, 0.25) is 5.91 Å². The van der Waals surface area contributed by atoms with Crippen LogP contribution >= 0.6 is 11.6 Å². The zero-order chi connectivity index (χ0) is 24.4. The van der Waals surface area contributed by atoms with E-state index in [9.17, 15) is 14.0 Å². The van der Waals surface area contributed by atoms with Gasteiger partial charge in [0.15, 0.2) is 0 Å². The first-order valence-electron chi connectivity index (χ1n) is 12.5. The van der Waals surface area contributed by atoms with E-state index in [1.165, 1.54) is 12.1 Å². The van der Waals surface area contributed by atoms with Gasteiger partial charge in [-0.05, 0) is 55.3 Å². The lowest BCUT2D eigenvalue weighted by molar-refractivity contribution is -0.123. The van der Waals surface area contributed by atoms with Gasteiger partial charge in [-0.3, -0.25) is 9.59 Å². The van der Waals surface area contributed by atoms with Gasteiger partial charge >= 0.3 is 0 Å². The molecule has 186 valence electrons. The summed E-state index contributed by atoms with van der Waals surface area (Å²) in [5, 5.41) is 6.72. The lowest BCUT2D eigenvalue weighted by Gasteiger charge is -2.26. The summed E-state index contributed by atoms with van der Waals surface area (Å²) in [6.45, 7) is 4.82. The number of hydrogen-bond donors (Lipinski definition) is 2. The molecule has 2 N–H and O–H groups in total. The van der Waals surface area contributed by atoms with Gasteiger partial charge in [0.05, 0.1) is 22.7 Å². The summed E-state index contributed by atoms with van der Waals surface area (Å²) in [5.74, 6) is -0.0612. The third-order valence-corrected chi connectivity index (χ3v) is 7.97. The third kappa shape index (κ3) is 5.37. The standard InChI is InChI=1S/C27H32ClFN4O2/c28-21-8-4-9-22(29)25(21)27(35)33-16-19-14-32(15-20(19)17-33)13-11-23(18-6-2-1-3-7-18)31-26(34)24-10-5-12-30-24/h1-4,6-9,19-20,23-24,30H,5,10-17H2,(H,31,34)/t19-,20?,23?,24-/m0/s1. The second-order valence-corrected chi connectivity index (χ2v) is 10.4. The minimum Gasteiger partial charge on any atom is -0.348 e. The Kier molecular flexibility index (Phi) is 7.37. The third-order valence-electron chi connectivity index (χ3n) is 7.65. The van der Waals surface area contributed by atoms with Gasteiger partial charge in [0.1, 0.15) is 5.82 Å². The Morgan fingerprint density at radius 2 is 1.80 bits per heavy atom. The summed E-state index contributed by atoms with van der Waals surface area (Å²) < 4.78 is 14.2. The van der Waals surface area contributed by atoms with Crippen LogP contribution in [0, 0.1) is 17.7 Å². The van der Waals surface area contributed by atoms with E-state index in [1.54, 1.807) is 11.0 Å². The number of nitrogens with zero attached hydrogens (tertiary/aromatic N) is 2. The van der Waals surface area contributed by atoms with Crippen LogP contribution in [-0.4, -0.2) is 66.9 Å². The average molecular weight is 499 g/mol. The maximum Gasteiger partial charge on any atom is 0.258 e. The topological polar surface area (TPSA) is 64.7 Å². The SMILES string of the molecule is O=C(NC(CCN1CC2CN(C(=O)c3c(F)cccc3Cl)C[C@@H]2C1)c1ccccc1)[C@@H]1CCCN1. The van der Waals surface area contributed by atoms with Crippen LogP contribution < -0.4 is 10.6 Å². The predicted octanol–water partition coefficient (Wildman–Crippen LogP) is 3.48. The number of benzene rings is 2. The van der Waals surface area contributed by atoms with E-state index in [0.717, 1.165) is 51.0 Å². The maximum atomic E-state index is 14.2. The van der Waals surface area contributed by atoms with Crippen molar-refractivity contribution >= 4 is 23.4 Å². The molecule has 5 rings (SSSR count). The van der Waals surface area contributed by atoms with Crippen LogP contribution in [-0.2, 0) is 4.79 Å². The van der Waals surface area contributed by atoms with Crippen molar-refractivity contribution in [1.29, 1.82) is 0 Å². The Balaban J connectivity index is 1.17. The number of halogens is 2. The van der Waals surface area contributed by atoms with Crippen LogP contribution in [0.4, 0.5) is 4.39 Å². The Hall–Kier alpha value is -2.48. The Bertz CT molecular complexity index is 1030. The molecule has 6 nitrogen and oxygen atoms in total. The highest BCUT2D eigenvalue weighted by molar-refractivity contribution is 6.33. The molecule has 0 spiro atoms. The summed E-state index contributed by atoms with van der Waals surface area (Å²) in [6.07, 6.45) is 2.75.